The number of carbonyl (C=O) groups excluding carboxylic acids is 2. The van der Waals surface area contributed by atoms with Gasteiger partial charge in [-0.1, -0.05) is 55.0 Å². The first-order valence-electron chi connectivity index (χ1n) is 11.1. The van der Waals surface area contributed by atoms with E-state index in [1.807, 2.05) is 24.3 Å². The van der Waals surface area contributed by atoms with Crippen LogP contribution in [0.15, 0.2) is 48.5 Å². The molecule has 2 aromatic rings. The van der Waals surface area contributed by atoms with E-state index in [1.54, 1.807) is 6.92 Å². The molecule has 168 valence electrons. The molecule has 3 N–H and O–H groups in total. The van der Waals surface area contributed by atoms with Gasteiger partial charge < -0.3 is 20.5 Å². The molecule has 1 saturated carbocycles. The Hall–Kier alpha value is -3.35. The van der Waals surface area contributed by atoms with Crippen LogP contribution in [0, 0.1) is 5.92 Å². The Morgan fingerprint density at radius 1 is 1.03 bits per heavy atom. The van der Waals surface area contributed by atoms with Crippen molar-refractivity contribution in [3.05, 3.63) is 59.7 Å². The van der Waals surface area contributed by atoms with Gasteiger partial charge in [0.2, 0.25) is 5.91 Å². The zero-order chi connectivity index (χ0) is 22.7. The van der Waals surface area contributed by atoms with Crippen LogP contribution in [0.4, 0.5) is 4.79 Å². The van der Waals surface area contributed by atoms with Crippen molar-refractivity contribution in [2.24, 2.45) is 5.92 Å². The predicted octanol–water partition coefficient (Wildman–Crippen LogP) is 3.67. The number of amides is 2. The second kappa shape index (κ2) is 9.42. The minimum atomic E-state index is -0.961. The molecular weight excluding hydrogens is 408 g/mol. The van der Waals surface area contributed by atoms with Gasteiger partial charge in [-0.3, -0.25) is 9.59 Å². The number of hydrogen-bond donors (Lipinski definition) is 3. The Bertz CT molecular complexity index is 975. The molecule has 32 heavy (non-hydrogen) atoms. The Balaban J connectivity index is 1.35. The van der Waals surface area contributed by atoms with Crippen molar-refractivity contribution in [3.63, 3.8) is 0 Å². The molecule has 0 spiro atoms. The van der Waals surface area contributed by atoms with Crippen LogP contribution >= 0.6 is 0 Å². The number of rotatable bonds is 7. The largest absolute Gasteiger partial charge is 0.481 e. The standard InChI is InChI=1S/C25H28N2O5/c1-15(13-23(28)29)26-24(30)20-11-6-12-22(20)27-25(31)32-14-21-18-9-4-2-7-16(18)17-8-3-5-10-19(17)21/h2-5,7-10,15,20-22H,6,11-14H2,1H3,(H,26,30)(H,27,31)(H,28,29)/t15?,20-,22+/m0/s1. The molecule has 2 aliphatic rings. The number of aliphatic carboxylic acids is 1. The van der Waals surface area contributed by atoms with Gasteiger partial charge in [-0.05, 0) is 42.0 Å². The first-order chi connectivity index (χ1) is 15.4. The fourth-order valence-electron chi connectivity index (χ4n) is 4.90. The molecular formula is C25H28N2O5. The normalized spacial score (nSPS) is 20.2. The molecule has 1 unspecified atom stereocenters. The van der Waals surface area contributed by atoms with Gasteiger partial charge >= 0.3 is 12.1 Å². The van der Waals surface area contributed by atoms with Crippen molar-refractivity contribution in [3.8, 4) is 11.1 Å². The molecule has 4 rings (SSSR count). The van der Waals surface area contributed by atoms with Crippen LogP contribution in [0.3, 0.4) is 0 Å². The van der Waals surface area contributed by atoms with Crippen molar-refractivity contribution in [2.75, 3.05) is 6.61 Å². The van der Waals surface area contributed by atoms with Gasteiger partial charge in [-0.2, -0.15) is 0 Å². The van der Waals surface area contributed by atoms with E-state index in [9.17, 15) is 14.4 Å². The predicted molar refractivity (Wildman–Crippen MR) is 119 cm³/mol. The number of fused-ring (bicyclic) bond motifs is 3. The van der Waals surface area contributed by atoms with Crippen LogP contribution in [-0.2, 0) is 14.3 Å². The van der Waals surface area contributed by atoms with Crippen LogP contribution in [-0.4, -0.2) is 41.8 Å². The van der Waals surface area contributed by atoms with E-state index >= 15 is 0 Å². The lowest BCUT2D eigenvalue weighted by molar-refractivity contribution is -0.137. The highest BCUT2D eigenvalue weighted by Crippen LogP contribution is 2.44. The van der Waals surface area contributed by atoms with Gasteiger partial charge in [-0.15, -0.1) is 0 Å². The number of ether oxygens (including phenoxy) is 1. The average molecular weight is 437 g/mol. The molecule has 0 bridgehead atoms. The summed E-state index contributed by atoms with van der Waals surface area (Å²) in [5, 5.41) is 14.5. The Labute approximate surface area is 187 Å². The van der Waals surface area contributed by atoms with Gasteiger partial charge in [-0.25, -0.2) is 4.79 Å². The maximum absolute atomic E-state index is 12.6. The highest BCUT2D eigenvalue weighted by Gasteiger charge is 2.35. The van der Waals surface area contributed by atoms with Crippen molar-refractivity contribution in [1.82, 2.24) is 10.6 Å². The van der Waals surface area contributed by atoms with Gasteiger partial charge in [0.1, 0.15) is 6.61 Å². The molecule has 0 saturated heterocycles. The number of hydrogen-bond acceptors (Lipinski definition) is 4. The quantitative estimate of drug-likeness (QED) is 0.614. The summed E-state index contributed by atoms with van der Waals surface area (Å²) in [5.41, 5.74) is 4.62. The molecule has 0 aliphatic heterocycles. The van der Waals surface area contributed by atoms with Crippen molar-refractivity contribution < 1.29 is 24.2 Å². The van der Waals surface area contributed by atoms with E-state index in [2.05, 4.69) is 34.9 Å². The monoisotopic (exact) mass is 436 g/mol. The van der Waals surface area contributed by atoms with E-state index in [0.29, 0.717) is 12.8 Å². The van der Waals surface area contributed by atoms with Crippen LogP contribution in [0.2, 0.25) is 0 Å². The third-order valence-corrected chi connectivity index (χ3v) is 6.37. The first kappa shape index (κ1) is 21.9. The van der Waals surface area contributed by atoms with Gasteiger partial charge in [0.05, 0.1) is 12.3 Å². The highest BCUT2D eigenvalue weighted by atomic mass is 16.5. The van der Waals surface area contributed by atoms with Crippen molar-refractivity contribution >= 4 is 18.0 Å². The van der Waals surface area contributed by atoms with Crippen LogP contribution in [0.5, 0.6) is 0 Å². The molecule has 7 nitrogen and oxygen atoms in total. The maximum Gasteiger partial charge on any atom is 0.407 e. The summed E-state index contributed by atoms with van der Waals surface area (Å²) in [4.78, 5) is 36.0. The second-order valence-corrected chi connectivity index (χ2v) is 8.62. The minimum absolute atomic E-state index is 0.0207. The Morgan fingerprint density at radius 2 is 1.66 bits per heavy atom. The minimum Gasteiger partial charge on any atom is -0.481 e. The molecule has 0 heterocycles. The molecule has 0 aromatic heterocycles. The molecule has 7 heteroatoms. The zero-order valence-electron chi connectivity index (χ0n) is 18.0. The number of nitrogens with one attached hydrogen (secondary N) is 2. The average Bonchev–Trinajstić information content (AvgIpc) is 3.34. The van der Waals surface area contributed by atoms with Gasteiger partial charge in [0.15, 0.2) is 0 Å². The fraction of sp³-hybridized carbons (Fsp3) is 0.400. The highest BCUT2D eigenvalue weighted by molar-refractivity contribution is 5.82. The number of carboxylic acid groups (broad SMARTS) is 1. The van der Waals surface area contributed by atoms with E-state index in [0.717, 1.165) is 17.5 Å². The maximum atomic E-state index is 12.6. The van der Waals surface area contributed by atoms with E-state index in [1.165, 1.54) is 11.1 Å². The summed E-state index contributed by atoms with van der Waals surface area (Å²) in [6.45, 7) is 1.88. The summed E-state index contributed by atoms with van der Waals surface area (Å²) in [5.74, 6) is -1.59. The molecule has 2 aromatic carbocycles. The second-order valence-electron chi connectivity index (χ2n) is 8.62. The topological polar surface area (TPSA) is 105 Å². The van der Waals surface area contributed by atoms with Crippen LogP contribution in [0.1, 0.15) is 49.7 Å². The number of alkyl carbamates (subject to hydrolysis) is 1. The van der Waals surface area contributed by atoms with Crippen LogP contribution < -0.4 is 10.6 Å². The molecule has 3 atom stereocenters. The third kappa shape index (κ3) is 4.61. The molecule has 1 fully saturated rings. The van der Waals surface area contributed by atoms with E-state index in [-0.39, 0.29) is 36.8 Å². The lowest BCUT2D eigenvalue weighted by Gasteiger charge is -2.22. The number of carbonyl (C=O) groups is 3. The number of carboxylic acids is 1. The van der Waals surface area contributed by atoms with Crippen LogP contribution in [0.25, 0.3) is 11.1 Å². The zero-order valence-corrected chi connectivity index (χ0v) is 18.0. The SMILES string of the molecule is CC(CC(=O)O)NC(=O)[C@H]1CCC[C@H]1NC(=O)OCC1c2ccccc2-c2ccccc21. The van der Waals surface area contributed by atoms with Crippen molar-refractivity contribution in [1.29, 1.82) is 0 Å². The van der Waals surface area contributed by atoms with Gasteiger partial charge in [0.25, 0.3) is 0 Å². The first-order valence-corrected chi connectivity index (χ1v) is 11.1. The van der Waals surface area contributed by atoms with Crippen molar-refractivity contribution in [2.45, 2.75) is 50.6 Å². The summed E-state index contributed by atoms with van der Waals surface area (Å²) in [6.07, 6.45) is 1.49. The Kier molecular flexibility index (Phi) is 6.44. The lowest BCUT2D eigenvalue weighted by Crippen LogP contribution is -2.46. The summed E-state index contributed by atoms with van der Waals surface area (Å²) >= 11 is 0. The van der Waals surface area contributed by atoms with E-state index < -0.39 is 18.1 Å². The summed E-state index contributed by atoms with van der Waals surface area (Å²) in [6, 6.07) is 15.5. The third-order valence-electron chi connectivity index (χ3n) is 6.37. The smallest absolute Gasteiger partial charge is 0.407 e. The molecule has 2 aliphatic carbocycles. The van der Waals surface area contributed by atoms with E-state index in [4.69, 9.17) is 9.84 Å². The molecule has 2 amide bonds. The number of benzene rings is 2. The van der Waals surface area contributed by atoms with Gasteiger partial charge in [0, 0.05) is 18.0 Å². The summed E-state index contributed by atoms with van der Waals surface area (Å²) in [7, 11) is 0. The lowest BCUT2D eigenvalue weighted by atomic mass is 9.98. The summed E-state index contributed by atoms with van der Waals surface area (Å²) < 4.78 is 5.60. The fourth-order valence-corrected chi connectivity index (χ4v) is 4.90. The Morgan fingerprint density at radius 3 is 2.28 bits per heavy atom. The molecule has 0 radical (unpaired) electrons.